The molecule has 0 spiro atoms. The second kappa shape index (κ2) is 5.19. The van der Waals surface area contributed by atoms with Crippen molar-refractivity contribution >= 4 is 26.8 Å². The van der Waals surface area contributed by atoms with Crippen molar-refractivity contribution in [1.82, 2.24) is 9.88 Å². The maximum absolute atomic E-state index is 13.3. The first kappa shape index (κ1) is 12.6. The summed E-state index contributed by atoms with van der Waals surface area (Å²) in [4.78, 5) is 0. The van der Waals surface area contributed by atoms with Crippen molar-refractivity contribution in [1.29, 1.82) is 0 Å². The van der Waals surface area contributed by atoms with Crippen molar-refractivity contribution in [2.45, 2.75) is 19.4 Å². The van der Waals surface area contributed by atoms with E-state index in [1.807, 2.05) is 20.3 Å². The van der Waals surface area contributed by atoms with Crippen LogP contribution < -0.4 is 5.32 Å². The highest BCUT2D eigenvalue weighted by atomic mass is 79.9. The molecule has 2 aromatic rings. The van der Waals surface area contributed by atoms with Gasteiger partial charge in [-0.05, 0) is 60.6 Å². The highest BCUT2D eigenvalue weighted by Gasteiger charge is 2.16. The van der Waals surface area contributed by atoms with Crippen molar-refractivity contribution < 1.29 is 4.39 Å². The van der Waals surface area contributed by atoms with Crippen LogP contribution in [0.25, 0.3) is 10.9 Å². The monoisotopic (exact) mass is 298 g/mol. The van der Waals surface area contributed by atoms with Crippen LogP contribution in [0.3, 0.4) is 0 Å². The molecule has 0 saturated carbocycles. The molecule has 1 aromatic heterocycles. The molecule has 3 rings (SSSR count). The molecule has 1 aliphatic rings. The zero-order valence-electron chi connectivity index (χ0n) is 10.1. The van der Waals surface area contributed by atoms with Crippen LogP contribution in [0.5, 0.6) is 0 Å². The smallest absolute Gasteiger partial charge is 0.124 e. The van der Waals surface area contributed by atoms with Gasteiger partial charge in [0, 0.05) is 22.6 Å². The second-order valence-corrected chi connectivity index (χ2v) is 5.09. The van der Waals surface area contributed by atoms with Gasteiger partial charge < -0.3 is 9.88 Å². The standard InChI is InChI=1S/C11H9BrFN.C2H7N/c12-10-6-14-3-1-2-7-4-8(13)5-9(10)11(7)14;1-3-2/h4-6H,1-3H2;3H,1-2H3. The predicted molar refractivity (Wildman–Crippen MR) is 72.9 cm³/mol. The van der Waals surface area contributed by atoms with Crippen molar-refractivity contribution in [3.8, 4) is 0 Å². The fourth-order valence-corrected chi connectivity index (χ4v) is 2.80. The molecule has 2 nitrogen and oxygen atoms in total. The third kappa shape index (κ3) is 2.38. The van der Waals surface area contributed by atoms with Gasteiger partial charge in [0.05, 0.1) is 5.52 Å². The molecule has 4 heteroatoms. The Bertz CT molecular complexity index is 534. The summed E-state index contributed by atoms with van der Waals surface area (Å²) in [6, 6.07) is 3.26. The molecule has 92 valence electrons. The summed E-state index contributed by atoms with van der Waals surface area (Å²) in [6.45, 7) is 1.04. The lowest BCUT2D eigenvalue weighted by Gasteiger charge is -2.15. The van der Waals surface area contributed by atoms with Gasteiger partial charge in [0.2, 0.25) is 0 Å². The van der Waals surface area contributed by atoms with Crippen LogP contribution in [0.4, 0.5) is 4.39 Å². The number of nitrogens with one attached hydrogen (secondary N) is 1. The third-order valence-electron chi connectivity index (χ3n) is 2.81. The number of halogens is 2. The molecule has 0 amide bonds. The number of nitrogens with zero attached hydrogens (tertiary/aromatic N) is 1. The first-order valence-electron chi connectivity index (χ1n) is 5.72. The fraction of sp³-hybridized carbons (Fsp3) is 0.385. The Morgan fingerprint density at radius 3 is 2.76 bits per heavy atom. The molecule has 0 aliphatic carbocycles. The summed E-state index contributed by atoms with van der Waals surface area (Å²) in [5.74, 6) is -0.132. The van der Waals surface area contributed by atoms with Crippen LogP contribution >= 0.6 is 15.9 Å². The number of aromatic nitrogens is 1. The summed E-state index contributed by atoms with van der Waals surface area (Å²) in [6.07, 6.45) is 4.14. The van der Waals surface area contributed by atoms with Crippen LogP contribution in [-0.2, 0) is 13.0 Å². The molecule has 0 atom stereocenters. The van der Waals surface area contributed by atoms with Gasteiger partial charge in [-0.1, -0.05) is 0 Å². The van der Waals surface area contributed by atoms with Crippen molar-refractivity contribution in [3.05, 3.63) is 34.2 Å². The summed E-state index contributed by atoms with van der Waals surface area (Å²) in [5, 5.41) is 3.75. The highest BCUT2D eigenvalue weighted by molar-refractivity contribution is 9.10. The van der Waals surface area contributed by atoms with E-state index in [-0.39, 0.29) is 5.82 Å². The minimum Gasteiger partial charge on any atom is -0.346 e. The third-order valence-corrected chi connectivity index (χ3v) is 3.44. The Hall–Kier alpha value is -0.870. The largest absolute Gasteiger partial charge is 0.346 e. The van der Waals surface area contributed by atoms with Gasteiger partial charge in [0.1, 0.15) is 5.82 Å². The van der Waals surface area contributed by atoms with E-state index >= 15 is 0 Å². The van der Waals surface area contributed by atoms with Gasteiger partial charge >= 0.3 is 0 Å². The zero-order valence-corrected chi connectivity index (χ0v) is 11.6. The number of aryl methyl sites for hydroxylation is 2. The first-order chi connectivity index (χ1) is 8.17. The maximum Gasteiger partial charge on any atom is 0.124 e. The molecular formula is C13H16BrFN2. The molecule has 2 heterocycles. The maximum atomic E-state index is 13.3. The Kier molecular flexibility index (Phi) is 3.84. The van der Waals surface area contributed by atoms with Crippen molar-refractivity contribution in [2.24, 2.45) is 0 Å². The van der Waals surface area contributed by atoms with E-state index in [9.17, 15) is 4.39 Å². The first-order valence-corrected chi connectivity index (χ1v) is 6.52. The van der Waals surface area contributed by atoms with E-state index in [2.05, 4.69) is 25.8 Å². The minimum atomic E-state index is -0.132. The normalized spacial score (nSPS) is 13.4. The Morgan fingerprint density at radius 2 is 2.06 bits per heavy atom. The summed E-state index contributed by atoms with van der Waals surface area (Å²) in [5.41, 5.74) is 2.33. The van der Waals surface area contributed by atoms with Crippen molar-refractivity contribution in [2.75, 3.05) is 14.1 Å². The van der Waals surface area contributed by atoms with Gasteiger partial charge in [-0.25, -0.2) is 4.39 Å². The average molecular weight is 299 g/mol. The lowest BCUT2D eigenvalue weighted by Crippen LogP contribution is -2.06. The number of benzene rings is 1. The van der Waals surface area contributed by atoms with E-state index in [0.29, 0.717) is 0 Å². The average Bonchev–Trinajstić information content (AvgIpc) is 2.58. The topological polar surface area (TPSA) is 17.0 Å². The van der Waals surface area contributed by atoms with Crippen LogP contribution in [0, 0.1) is 5.82 Å². The minimum absolute atomic E-state index is 0.132. The van der Waals surface area contributed by atoms with E-state index in [0.717, 1.165) is 34.8 Å². The lowest BCUT2D eigenvalue weighted by atomic mass is 10.0. The van der Waals surface area contributed by atoms with E-state index in [4.69, 9.17) is 0 Å². The van der Waals surface area contributed by atoms with Gasteiger partial charge in [-0.15, -0.1) is 0 Å². The number of hydrogen-bond donors (Lipinski definition) is 1. The molecule has 1 aromatic carbocycles. The van der Waals surface area contributed by atoms with Gasteiger partial charge in [0.15, 0.2) is 0 Å². The van der Waals surface area contributed by atoms with Crippen LogP contribution in [0.1, 0.15) is 12.0 Å². The Labute approximate surface area is 109 Å². The fourth-order valence-electron chi connectivity index (χ4n) is 2.25. The van der Waals surface area contributed by atoms with E-state index < -0.39 is 0 Å². The summed E-state index contributed by atoms with van der Waals surface area (Å²) in [7, 11) is 3.75. The summed E-state index contributed by atoms with van der Waals surface area (Å²) >= 11 is 3.47. The lowest BCUT2D eigenvalue weighted by molar-refractivity contribution is 0.611. The van der Waals surface area contributed by atoms with Crippen molar-refractivity contribution in [3.63, 3.8) is 0 Å². The molecule has 1 N–H and O–H groups in total. The zero-order chi connectivity index (χ0) is 12.4. The predicted octanol–water partition coefficient (Wildman–Crippen LogP) is 3.32. The van der Waals surface area contributed by atoms with Crippen LogP contribution in [0.15, 0.2) is 22.8 Å². The molecule has 0 fully saturated rings. The number of rotatable bonds is 0. The quantitative estimate of drug-likeness (QED) is 0.789. The number of hydrogen-bond acceptors (Lipinski definition) is 1. The Balaban J connectivity index is 0.000000329. The molecule has 0 unspecified atom stereocenters. The molecule has 0 saturated heterocycles. The highest BCUT2D eigenvalue weighted by Crippen LogP contribution is 2.33. The molecule has 0 radical (unpaired) electrons. The Morgan fingerprint density at radius 1 is 1.35 bits per heavy atom. The van der Waals surface area contributed by atoms with Gasteiger partial charge in [-0.3, -0.25) is 0 Å². The van der Waals surface area contributed by atoms with E-state index in [1.54, 1.807) is 12.1 Å². The summed E-state index contributed by atoms with van der Waals surface area (Å²) < 4.78 is 16.5. The van der Waals surface area contributed by atoms with E-state index in [1.165, 1.54) is 5.52 Å². The SMILES string of the molecule is CNC.Fc1cc2c3c(c1)c(Br)cn3CCC2. The molecule has 1 aliphatic heterocycles. The molecule has 0 bridgehead atoms. The molecular weight excluding hydrogens is 283 g/mol. The van der Waals surface area contributed by atoms with Crippen LogP contribution in [0.2, 0.25) is 0 Å². The van der Waals surface area contributed by atoms with Gasteiger partial charge in [-0.2, -0.15) is 0 Å². The van der Waals surface area contributed by atoms with Gasteiger partial charge in [0.25, 0.3) is 0 Å². The second-order valence-electron chi connectivity index (χ2n) is 4.24. The molecule has 17 heavy (non-hydrogen) atoms. The van der Waals surface area contributed by atoms with Crippen LogP contribution in [-0.4, -0.2) is 18.7 Å².